The molecule has 1 aromatic heterocycles. The van der Waals surface area contributed by atoms with E-state index >= 15 is 0 Å². The van der Waals surface area contributed by atoms with Crippen molar-refractivity contribution in [2.24, 2.45) is 5.14 Å². The first kappa shape index (κ1) is 25.3. The molecule has 0 radical (unpaired) electrons. The van der Waals surface area contributed by atoms with Crippen molar-refractivity contribution in [3.8, 4) is 0 Å². The Morgan fingerprint density at radius 3 is 2.06 bits per heavy atom. The first-order valence-corrected chi connectivity index (χ1v) is 10.3. The van der Waals surface area contributed by atoms with Crippen LogP contribution in [0.4, 0.5) is 43.8 Å². The second-order valence-electron chi connectivity index (χ2n) is 6.38. The van der Waals surface area contributed by atoms with Crippen molar-refractivity contribution in [3.63, 3.8) is 0 Å². The molecular weight excluding hydrogens is 520 g/mol. The smallest absolute Gasteiger partial charge is 0.391 e. The van der Waals surface area contributed by atoms with Gasteiger partial charge in [0, 0.05) is 11.9 Å². The van der Waals surface area contributed by atoms with Crippen LogP contribution in [-0.4, -0.2) is 31.4 Å². The number of aliphatic hydroxyl groups excluding tert-OH is 1. The maximum atomic E-state index is 13.4. The van der Waals surface area contributed by atoms with Crippen molar-refractivity contribution in [1.82, 2.24) is 9.97 Å². The summed E-state index contributed by atoms with van der Waals surface area (Å²) in [5.41, 5.74) is -4.25. The highest BCUT2D eigenvalue weighted by atomic mass is 79.9. The van der Waals surface area contributed by atoms with Crippen molar-refractivity contribution in [2.45, 2.75) is 43.2 Å². The van der Waals surface area contributed by atoms with E-state index in [1.165, 1.54) is 13.1 Å². The summed E-state index contributed by atoms with van der Waals surface area (Å²) >= 11 is 3.15. The van der Waals surface area contributed by atoms with Gasteiger partial charge in [-0.25, -0.2) is 14.3 Å². The molecule has 31 heavy (non-hydrogen) atoms. The molecule has 0 aliphatic rings. The van der Waals surface area contributed by atoms with E-state index in [1.54, 1.807) is 6.92 Å². The van der Waals surface area contributed by atoms with Gasteiger partial charge >= 0.3 is 12.4 Å². The summed E-state index contributed by atoms with van der Waals surface area (Å²) in [6.45, 7) is 3.13. The van der Waals surface area contributed by atoms with Gasteiger partial charge in [0.1, 0.15) is 16.8 Å². The van der Waals surface area contributed by atoms with Crippen LogP contribution in [0.2, 0.25) is 0 Å². The first-order chi connectivity index (χ1) is 14.1. The quantitative estimate of drug-likeness (QED) is 0.412. The summed E-state index contributed by atoms with van der Waals surface area (Å²) in [4.78, 5) is 6.23. The molecule has 172 valence electrons. The zero-order valence-corrected chi connectivity index (χ0v) is 18.2. The number of aliphatic hydroxyl groups is 1. The summed E-state index contributed by atoms with van der Waals surface area (Å²) in [6, 6.07) is 0.199. The Bertz CT molecular complexity index is 951. The SMILES string of the molecule is C[C@@H](O)[C@@H](C)Nc1nc(Nc2cc(C(F)(F)F)c(S(N)=O)c(C(F)(F)F)c2)ncc1Br. The molecule has 0 spiro atoms. The lowest BCUT2D eigenvalue weighted by Crippen LogP contribution is -2.28. The Labute approximate surface area is 183 Å². The molecule has 1 aromatic carbocycles. The molecule has 0 saturated carbocycles. The summed E-state index contributed by atoms with van der Waals surface area (Å²) in [6.07, 6.45) is -10.1. The zero-order chi connectivity index (χ0) is 23.7. The van der Waals surface area contributed by atoms with E-state index in [2.05, 4.69) is 36.5 Å². The minimum absolute atomic E-state index is 0.137. The Kier molecular flexibility index (Phi) is 7.55. The molecule has 7 nitrogen and oxygen atoms in total. The van der Waals surface area contributed by atoms with Crippen LogP contribution in [0.3, 0.4) is 0 Å². The highest BCUT2D eigenvalue weighted by Gasteiger charge is 2.43. The third-order valence-electron chi connectivity index (χ3n) is 3.99. The lowest BCUT2D eigenvalue weighted by atomic mass is 10.1. The van der Waals surface area contributed by atoms with Crippen LogP contribution in [0.5, 0.6) is 0 Å². The van der Waals surface area contributed by atoms with Crippen molar-refractivity contribution in [1.29, 1.82) is 0 Å². The average molecular weight is 536 g/mol. The van der Waals surface area contributed by atoms with E-state index < -0.39 is 57.2 Å². The van der Waals surface area contributed by atoms with E-state index in [9.17, 15) is 35.7 Å². The number of hydrogen-bond donors (Lipinski definition) is 4. The predicted molar refractivity (Wildman–Crippen MR) is 105 cm³/mol. The van der Waals surface area contributed by atoms with E-state index in [4.69, 9.17) is 5.14 Å². The molecule has 2 aromatic rings. The monoisotopic (exact) mass is 535 g/mol. The van der Waals surface area contributed by atoms with Crippen molar-refractivity contribution < 1.29 is 35.7 Å². The third-order valence-corrected chi connectivity index (χ3v) is 5.41. The zero-order valence-electron chi connectivity index (χ0n) is 15.8. The fourth-order valence-electron chi connectivity index (χ4n) is 2.33. The Morgan fingerprint density at radius 2 is 1.65 bits per heavy atom. The molecule has 0 aliphatic heterocycles. The summed E-state index contributed by atoms with van der Waals surface area (Å²) in [5, 5.41) is 19.6. The van der Waals surface area contributed by atoms with Gasteiger partial charge < -0.3 is 15.7 Å². The number of aromatic nitrogens is 2. The molecule has 0 bridgehead atoms. The number of benzene rings is 1. The van der Waals surface area contributed by atoms with Gasteiger partial charge in [0.25, 0.3) is 0 Å². The van der Waals surface area contributed by atoms with E-state index in [-0.39, 0.29) is 11.8 Å². The van der Waals surface area contributed by atoms with Gasteiger partial charge in [-0.15, -0.1) is 0 Å². The van der Waals surface area contributed by atoms with Gasteiger partial charge in [-0.05, 0) is 41.9 Å². The number of anilines is 3. The van der Waals surface area contributed by atoms with Gasteiger partial charge in [0.15, 0.2) is 0 Å². The van der Waals surface area contributed by atoms with Gasteiger partial charge in [0.05, 0.1) is 32.6 Å². The average Bonchev–Trinajstić information content (AvgIpc) is 2.62. The number of halogens is 7. The van der Waals surface area contributed by atoms with Crippen LogP contribution in [0, 0.1) is 0 Å². The molecule has 0 saturated heterocycles. The fourth-order valence-corrected chi connectivity index (χ4v) is 3.42. The van der Waals surface area contributed by atoms with Crippen LogP contribution in [0.15, 0.2) is 27.7 Å². The lowest BCUT2D eigenvalue weighted by Gasteiger charge is -2.20. The Morgan fingerprint density at radius 1 is 1.13 bits per heavy atom. The van der Waals surface area contributed by atoms with E-state index in [0.29, 0.717) is 16.6 Å². The maximum absolute atomic E-state index is 13.4. The van der Waals surface area contributed by atoms with Crippen molar-refractivity contribution in [3.05, 3.63) is 33.9 Å². The summed E-state index contributed by atoms with van der Waals surface area (Å²) in [7, 11) is -3.06. The minimum atomic E-state index is -5.26. The van der Waals surface area contributed by atoms with Crippen molar-refractivity contribution in [2.75, 3.05) is 10.6 Å². The molecule has 3 atom stereocenters. The van der Waals surface area contributed by atoms with Crippen LogP contribution >= 0.6 is 15.9 Å². The Hall–Kier alpha value is -1.97. The second kappa shape index (κ2) is 9.26. The lowest BCUT2D eigenvalue weighted by molar-refractivity contribution is -0.147. The highest BCUT2D eigenvalue weighted by molar-refractivity contribution is 9.10. The molecule has 1 unspecified atom stereocenters. The summed E-state index contributed by atoms with van der Waals surface area (Å²) in [5.74, 6) is -0.191. The highest BCUT2D eigenvalue weighted by Crippen LogP contribution is 2.42. The minimum Gasteiger partial charge on any atom is -0.391 e. The van der Waals surface area contributed by atoms with Gasteiger partial charge in [-0.2, -0.15) is 31.3 Å². The van der Waals surface area contributed by atoms with E-state index in [1.807, 2.05) is 0 Å². The van der Waals surface area contributed by atoms with Gasteiger partial charge in [0.2, 0.25) is 5.95 Å². The fraction of sp³-hybridized carbons (Fsp3) is 0.375. The molecule has 0 aliphatic carbocycles. The standard InChI is InChI=1S/C16H16BrF6N5O2S/c1-6(7(2)29)26-13-11(17)5-25-14(28-13)27-8-3-9(15(18,19)20)12(31(24)30)10(4-8)16(21,22)23/h3-7,29H,24H2,1-2H3,(H2,25,26,27,28)/t6-,7-,31?/m1/s1. The predicted octanol–water partition coefficient (Wildman–Crippen LogP) is 4.18. The molecule has 0 fully saturated rings. The van der Waals surface area contributed by atoms with Crippen LogP contribution in [0.1, 0.15) is 25.0 Å². The van der Waals surface area contributed by atoms with Gasteiger partial charge in [-0.1, -0.05) is 0 Å². The number of nitrogens with two attached hydrogens (primary N) is 1. The normalized spacial score (nSPS) is 15.3. The van der Waals surface area contributed by atoms with E-state index in [0.717, 1.165) is 0 Å². The van der Waals surface area contributed by atoms with Crippen LogP contribution in [0.25, 0.3) is 0 Å². The van der Waals surface area contributed by atoms with Crippen molar-refractivity contribution >= 4 is 44.4 Å². The third kappa shape index (κ3) is 6.27. The number of alkyl halides is 6. The van der Waals surface area contributed by atoms with Crippen LogP contribution in [-0.2, 0) is 23.3 Å². The molecule has 15 heteroatoms. The number of rotatable bonds is 6. The first-order valence-electron chi connectivity index (χ1n) is 8.34. The Balaban J connectivity index is 2.56. The molecule has 5 N–H and O–H groups in total. The number of nitrogens with one attached hydrogen (secondary N) is 2. The number of nitrogens with zero attached hydrogens (tertiary/aromatic N) is 2. The van der Waals surface area contributed by atoms with Gasteiger partial charge in [-0.3, -0.25) is 0 Å². The number of hydrogen-bond acceptors (Lipinski definition) is 6. The molecule has 1 heterocycles. The maximum Gasteiger partial charge on any atom is 0.417 e. The topological polar surface area (TPSA) is 113 Å². The molecule has 0 amide bonds. The largest absolute Gasteiger partial charge is 0.417 e. The second-order valence-corrected chi connectivity index (χ2v) is 8.24. The molecule has 2 rings (SSSR count). The van der Waals surface area contributed by atoms with Crippen LogP contribution < -0.4 is 15.8 Å². The molecular formula is C16H16BrF6N5O2S. The summed E-state index contributed by atoms with van der Waals surface area (Å²) < 4.78 is 92.1.